The fraction of sp³-hybridized carbons (Fsp3) is 0.393. The van der Waals surface area contributed by atoms with Crippen molar-refractivity contribution in [1.29, 1.82) is 0 Å². The summed E-state index contributed by atoms with van der Waals surface area (Å²) in [6.07, 6.45) is 2.41. The van der Waals surface area contributed by atoms with E-state index in [9.17, 15) is 14.4 Å². The number of carbonyl (C=O) groups excluding carboxylic acids is 2. The average molecular weight is 518 g/mol. The summed E-state index contributed by atoms with van der Waals surface area (Å²) in [5.41, 5.74) is 2.79. The summed E-state index contributed by atoms with van der Waals surface area (Å²) in [5.74, 6) is -0.206. The molecule has 1 N–H and O–H groups in total. The van der Waals surface area contributed by atoms with Gasteiger partial charge in [-0.2, -0.15) is 0 Å². The highest BCUT2D eigenvalue weighted by molar-refractivity contribution is 7.24. The molecule has 9 heteroatoms. The van der Waals surface area contributed by atoms with E-state index in [2.05, 4.69) is 25.6 Å². The zero-order chi connectivity index (χ0) is 25.5. The molecule has 37 heavy (non-hydrogen) atoms. The van der Waals surface area contributed by atoms with Crippen LogP contribution in [0.4, 0.5) is 5.69 Å². The lowest BCUT2D eigenvalue weighted by Gasteiger charge is -2.35. The molecule has 2 saturated heterocycles. The lowest BCUT2D eigenvalue weighted by molar-refractivity contribution is -0.129. The normalized spacial score (nSPS) is 16.8. The Labute approximate surface area is 219 Å². The summed E-state index contributed by atoms with van der Waals surface area (Å²) in [7, 11) is 0. The quantitative estimate of drug-likeness (QED) is 0.440. The predicted molar refractivity (Wildman–Crippen MR) is 149 cm³/mol. The van der Waals surface area contributed by atoms with Gasteiger partial charge in [0.1, 0.15) is 10.4 Å². The molecule has 0 unspecified atom stereocenters. The highest BCUT2D eigenvalue weighted by Crippen LogP contribution is 2.32. The van der Waals surface area contributed by atoms with Crippen LogP contribution in [0.1, 0.15) is 30.1 Å². The number of para-hydroxylation sites is 1. The van der Waals surface area contributed by atoms with Crippen LogP contribution >= 0.6 is 11.3 Å². The van der Waals surface area contributed by atoms with Gasteiger partial charge in [-0.25, -0.2) is 0 Å². The molecule has 0 bridgehead atoms. The number of likely N-dealkylation sites (tertiary alicyclic amines) is 1. The molecule has 4 heterocycles. The molecule has 4 aromatic rings. The van der Waals surface area contributed by atoms with Crippen LogP contribution in [-0.2, 0) is 4.79 Å². The van der Waals surface area contributed by atoms with Gasteiger partial charge in [-0.15, -0.1) is 11.3 Å². The fourth-order valence-corrected chi connectivity index (χ4v) is 6.81. The second kappa shape index (κ2) is 9.79. The number of amides is 2. The molecule has 2 aromatic carbocycles. The number of carbonyl (C=O) groups is 2. The maximum atomic E-state index is 13.7. The number of piperazine rings is 1. The minimum Gasteiger partial charge on any atom is -0.368 e. The zero-order valence-corrected chi connectivity index (χ0v) is 21.9. The lowest BCUT2D eigenvalue weighted by Crippen LogP contribution is -2.48. The van der Waals surface area contributed by atoms with Crippen LogP contribution in [-0.4, -0.2) is 78.4 Å². The first-order chi connectivity index (χ1) is 18.0. The molecule has 0 spiro atoms. The number of hydrogen-bond donors (Lipinski definition) is 1. The van der Waals surface area contributed by atoms with Crippen LogP contribution in [0.3, 0.4) is 0 Å². The van der Waals surface area contributed by atoms with Crippen molar-refractivity contribution in [1.82, 2.24) is 19.5 Å². The minimum atomic E-state index is -0.306. The van der Waals surface area contributed by atoms with Gasteiger partial charge >= 0.3 is 0 Å². The molecular formula is C28H31N5O3S. The number of fused-ring (bicyclic) bond motifs is 5. The number of hydrogen-bond acceptors (Lipinski definition) is 6. The Morgan fingerprint density at radius 3 is 2.46 bits per heavy atom. The van der Waals surface area contributed by atoms with Crippen LogP contribution in [0.5, 0.6) is 0 Å². The van der Waals surface area contributed by atoms with Gasteiger partial charge in [0.25, 0.3) is 5.91 Å². The Morgan fingerprint density at radius 1 is 0.946 bits per heavy atom. The van der Waals surface area contributed by atoms with Gasteiger partial charge < -0.3 is 20.0 Å². The molecule has 8 nitrogen and oxygen atoms in total. The van der Waals surface area contributed by atoms with Gasteiger partial charge in [0.15, 0.2) is 0 Å². The summed E-state index contributed by atoms with van der Waals surface area (Å²) < 4.78 is 3.10. The number of thiazole rings is 1. The van der Waals surface area contributed by atoms with Gasteiger partial charge in [0.05, 0.1) is 15.7 Å². The Morgan fingerprint density at radius 2 is 1.70 bits per heavy atom. The highest BCUT2D eigenvalue weighted by atomic mass is 32.1. The van der Waals surface area contributed by atoms with Crippen LogP contribution < -0.4 is 15.6 Å². The van der Waals surface area contributed by atoms with E-state index in [1.165, 1.54) is 24.2 Å². The molecule has 0 aliphatic carbocycles. The third kappa shape index (κ3) is 4.36. The van der Waals surface area contributed by atoms with E-state index in [0.717, 1.165) is 54.1 Å². The summed E-state index contributed by atoms with van der Waals surface area (Å²) in [4.78, 5) is 46.0. The van der Waals surface area contributed by atoms with Crippen molar-refractivity contribution in [3.05, 3.63) is 58.3 Å². The zero-order valence-electron chi connectivity index (χ0n) is 21.0. The third-order valence-electron chi connectivity index (χ3n) is 7.65. The van der Waals surface area contributed by atoms with E-state index in [1.807, 2.05) is 41.3 Å². The van der Waals surface area contributed by atoms with Crippen LogP contribution in [0.25, 0.3) is 25.9 Å². The number of pyridine rings is 1. The van der Waals surface area contributed by atoms with E-state index < -0.39 is 0 Å². The van der Waals surface area contributed by atoms with Crippen LogP contribution in [0, 0.1) is 0 Å². The number of rotatable bonds is 5. The standard InChI is InChI=1S/C28H31N5O3S/c1-19(34)31-14-16-32(17-15-31)20-8-9-21-23(18-20)33-22-6-2-3-7-24(22)37-28(33)25(26(21)35)27(36)29-10-13-30-11-4-5-12-30/h2-3,6-9,18H,4-5,10-17H2,1H3,(H,29,36). The summed E-state index contributed by atoms with van der Waals surface area (Å²) >= 11 is 1.48. The molecular weight excluding hydrogens is 486 g/mol. The Balaban J connectivity index is 1.42. The number of anilines is 1. The van der Waals surface area contributed by atoms with Gasteiger partial charge in [-0.3, -0.25) is 18.8 Å². The number of nitrogens with one attached hydrogen (secondary N) is 1. The van der Waals surface area contributed by atoms with Crippen molar-refractivity contribution in [2.75, 3.05) is 57.3 Å². The summed E-state index contributed by atoms with van der Waals surface area (Å²) in [6, 6.07) is 13.9. The Bertz CT molecular complexity index is 1560. The molecule has 0 atom stereocenters. The van der Waals surface area contributed by atoms with Gasteiger partial charge in [0.2, 0.25) is 11.3 Å². The smallest absolute Gasteiger partial charge is 0.258 e. The van der Waals surface area contributed by atoms with Gasteiger partial charge in [-0.05, 0) is 56.3 Å². The molecule has 192 valence electrons. The average Bonchev–Trinajstić information content (AvgIpc) is 3.56. The Hall–Kier alpha value is -3.43. The topological polar surface area (TPSA) is 77.4 Å². The minimum absolute atomic E-state index is 0.0994. The first-order valence-electron chi connectivity index (χ1n) is 13.0. The van der Waals surface area contributed by atoms with Crippen molar-refractivity contribution in [3.63, 3.8) is 0 Å². The molecule has 2 amide bonds. The lowest BCUT2D eigenvalue weighted by atomic mass is 10.1. The second-order valence-corrected chi connectivity index (χ2v) is 10.9. The molecule has 0 saturated carbocycles. The number of aromatic nitrogens is 1. The molecule has 6 rings (SSSR count). The van der Waals surface area contributed by atoms with E-state index in [1.54, 1.807) is 6.92 Å². The van der Waals surface area contributed by atoms with E-state index in [4.69, 9.17) is 0 Å². The molecule has 0 radical (unpaired) electrons. The maximum absolute atomic E-state index is 13.7. The first kappa shape index (κ1) is 23.9. The van der Waals surface area contributed by atoms with Gasteiger partial charge in [-0.1, -0.05) is 12.1 Å². The Kier molecular flexibility index (Phi) is 6.34. The monoisotopic (exact) mass is 517 g/mol. The van der Waals surface area contributed by atoms with Crippen molar-refractivity contribution in [2.24, 2.45) is 0 Å². The van der Waals surface area contributed by atoms with E-state index >= 15 is 0 Å². The van der Waals surface area contributed by atoms with Crippen molar-refractivity contribution in [3.8, 4) is 0 Å². The molecule has 2 aliphatic rings. The predicted octanol–water partition coefficient (Wildman–Crippen LogP) is 3.16. The first-order valence-corrected chi connectivity index (χ1v) is 13.8. The third-order valence-corrected chi connectivity index (χ3v) is 8.80. The van der Waals surface area contributed by atoms with E-state index in [0.29, 0.717) is 29.9 Å². The fourth-order valence-electron chi connectivity index (χ4n) is 5.62. The van der Waals surface area contributed by atoms with Crippen LogP contribution in [0.2, 0.25) is 0 Å². The summed E-state index contributed by atoms with van der Waals surface area (Å²) in [6.45, 7) is 7.92. The van der Waals surface area contributed by atoms with Crippen molar-refractivity contribution >= 4 is 54.8 Å². The van der Waals surface area contributed by atoms with Gasteiger partial charge in [0, 0.05) is 57.3 Å². The maximum Gasteiger partial charge on any atom is 0.258 e. The number of nitrogens with zero attached hydrogens (tertiary/aromatic N) is 4. The molecule has 2 aromatic heterocycles. The number of benzene rings is 2. The van der Waals surface area contributed by atoms with Crippen molar-refractivity contribution in [2.45, 2.75) is 19.8 Å². The SMILES string of the molecule is CC(=O)N1CCN(c2ccc3c(=O)c(C(=O)NCCN4CCCC4)c4sc5ccccc5n4c3c2)CC1. The largest absolute Gasteiger partial charge is 0.368 e. The molecule has 2 aliphatic heterocycles. The summed E-state index contributed by atoms with van der Waals surface area (Å²) in [5, 5.41) is 3.56. The van der Waals surface area contributed by atoms with E-state index in [-0.39, 0.29) is 22.8 Å². The second-order valence-electron chi connectivity index (χ2n) is 9.91. The highest BCUT2D eigenvalue weighted by Gasteiger charge is 2.24. The molecule has 2 fully saturated rings. The van der Waals surface area contributed by atoms with Crippen LogP contribution in [0.15, 0.2) is 47.3 Å². The van der Waals surface area contributed by atoms with Crippen molar-refractivity contribution < 1.29 is 9.59 Å².